The first-order valence-electron chi connectivity index (χ1n) is 11.7. The summed E-state index contributed by atoms with van der Waals surface area (Å²) in [5.74, 6) is -0.792. The van der Waals surface area contributed by atoms with Crippen molar-refractivity contribution < 1.29 is 26.0 Å². The lowest BCUT2D eigenvalue weighted by molar-refractivity contribution is 0.0898. The van der Waals surface area contributed by atoms with Crippen LogP contribution in [-0.2, 0) is 26.6 Å². The first-order chi connectivity index (χ1) is 17.0. The molecule has 0 radical (unpaired) electrons. The van der Waals surface area contributed by atoms with Crippen molar-refractivity contribution in [1.29, 1.82) is 0 Å². The Morgan fingerprint density at radius 3 is 2.30 bits per heavy atom. The predicted molar refractivity (Wildman–Crippen MR) is 142 cm³/mol. The Hall–Kier alpha value is -2.29. The Balaban J connectivity index is 1.87. The molecule has 3 aromatic heterocycles. The van der Waals surface area contributed by atoms with Crippen molar-refractivity contribution in [3.8, 4) is 10.8 Å². The van der Waals surface area contributed by atoms with Gasteiger partial charge in [0.1, 0.15) is 15.7 Å². The lowest BCUT2D eigenvalue weighted by Gasteiger charge is -2.43. The average molecular weight is 574 g/mol. The van der Waals surface area contributed by atoms with Crippen molar-refractivity contribution in [3.63, 3.8) is 0 Å². The number of rotatable bonds is 10. The molecule has 9 nitrogen and oxygen atoms in total. The summed E-state index contributed by atoms with van der Waals surface area (Å²) in [7, 11) is -5.78. The summed E-state index contributed by atoms with van der Waals surface area (Å²) < 4.78 is 64.2. The van der Waals surface area contributed by atoms with Crippen LogP contribution in [0.3, 0.4) is 0 Å². The van der Waals surface area contributed by atoms with Gasteiger partial charge in [0, 0.05) is 11.8 Å². The molecular weight excluding hydrogens is 541 g/mol. The number of alkyl halides is 2. The van der Waals surface area contributed by atoms with Gasteiger partial charge in [0.25, 0.3) is 11.8 Å². The minimum atomic E-state index is -3.71. The fourth-order valence-corrected chi connectivity index (χ4v) is 6.88. The average Bonchev–Trinajstić information content (AvgIpc) is 3.46. The number of nitrogens with zero attached hydrogens (tertiary/aromatic N) is 5. The van der Waals surface area contributed by atoms with Crippen LogP contribution in [0.2, 0.25) is 18.1 Å². The summed E-state index contributed by atoms with van der Waals surface area (Å²) in [6.07, 6.45) is 0.139. The molecule has 3 heterocycles. The molecule has 0 N–H and O–H groups in total. The molecule has 0 saturated carbocycles. The zero-order valence-electron chi connectivity index (χ0n) is 22.2. The minimum Gasteiger partial charge on any atom is -0.414 e. The fraction of sp³-hybridized carbons (Fsp3) is 0.565. The summed E-state index contributed by atoms with van der Waals surface area (Å²) in [6.45, 7) is 16.3. The number of halogens is 2. The van der Waals surface area contributed by atoms with Crippen LogP contribution in [0.5, 0.6) is 0 Å². The molecule has 0 amide bonds. The molecule has 14 heteroatoms. The molecule has 0 aliphatic heterocycles. The largest absolute Gasteiger partial charge is 0.414 e. The first-order valence-corrected chi connectivity index (χ1v) is 17.0. The highest BCUT2D eigenvalue weighted by atomic mass is 32.2. The van der Waals surface area contributed by atoms with Crippen LogP contribution < -0.4 is 4.31 Å². The summed E-state index contributed by atoms with van der Waals surface area (Å²) in [4.78, 5) is 9.06. The number of thiazole rings is 1. The van der Waals surface area contributed by atoms with Crippen LogP contribution >= 0.6 is 11.3 Å². The van der Waals surface area contributed by atoms with Gasteiger partial charge in [-0.15, -0.1) is 21.5 Å². The maximum absolute atomic E-state index is 13.0. The van der Waals surface area contributed by atoms with Crippen molar-refractivity contribution in [2.45, 2.75) is 78.2 Å². The van der Waals surface area contributed by atoms with Crippen LogP contribution in [-0.4, -0.2) is 42.7 Å². The van der Waals surface area contributed by atoms with Crippen LogP contribution in [0.15, 0.2) is 28.9 Å². The van der Waals surface area contributed by atoms with Gasteiger partial charge in [-0.2, -0.15) is 8.78 Å². The predicted octanol–water partition coefficient (Wildman–Crippen LogP) is 6.14. The quantitative estimate of drug-likeness (QED) is 0.266. The van der Waals surface area contributed by atoms with Crippen molar-refractivity contribution in [1.82, 2.24) is 20.2 Å². The highest BCUT2D eigenvalue weighted by Crippen LogP contribution is 2.41. The van der Waals surface area contributed by atoms with E-state index in [0.29, 0.717) is 9.88 Å². The van der Waals surface area contributed by atoms with E-state index in [1.165, 1.54) is 10.5 Å². The molecule has 0 fully saturated rings. The second kappa shape index (κ2) is 10.5. The molecule has 3 rings (SSSR count). The molecule has 0 unspecified atom stereocenters. The van der Waals surface area contributed by atoms with Crippen molar-refractivity contribution in [3.05, 3.63) is 41.0 Å². The van der Waals surface area contributed by atoms with E-state index in [2.05, 4.69) is 54.0 Å². The third-order valence-electron chi connectivity index (χ3n) is 6.39. The summed E-state index contributed by atoms with van der Waals surface area (Å²) in [5.41, 5.74) is 0.214. The molecular formula is C23H33F2N5O4S2Si. The van der Waals surface area contributed by atoms with E-state index >= 15 is 0 Å². The lowest BCUT2D eigenvalue weighted by atomic mass is 10.0. The number of pyridine rings is 1. The Kier molecular flexibility index (Phi) is 8.28. The normalized spacial score (nSPS) is 13.4. The maximum atomic E-state index is 13.0. The van der Waals surface area contributed by atoms with Gasteiger partial charge in [-0.05, 0) is 45.0 Å². The van der Waals surface area contributed by atoms with Crippen LogP contribution in [0.1, 0.15) is 64.4 Å². The van der Waals surface area contributed by atoms with Gasteiger partial charge in [-0.1, -0.05) is 26.8 Å². The number of hydrogen-bond donors (Lipinski definition) is 0. The Bertz CT molecular complexity index is 1320. The summed E-state index contributed by atoms with van der Waals surface area (Å²) in [6, 6.07) is 3.48. The zero-order chi connectivity index (χ0) is 27.8. The molecule has 0 atom stereocenters. The molecule has 0 aliphatic carbocycles. The number of anilines is 1. The lowest BCUT2D eigenvalue weighted by Crippen LogP contribution is -2.46. The van der Waals surface area contributed by atoms with Crippen LogP contribution in [0.25, 0.3) is 10.8 Å². The van der Waals surface area contributed by atoms with Gasteiger partial charge in [-0.3, -0.25) is 0 Å². The van der Waals surface area contributed by atoms with E-state index in [4.69, 9.17) is 8.84 Å². The van der Waals surface area contributed by atoms with Gasteiger partial charge in [0.2, 0.25) is 10.0 Å². The number of aromatic nitrogens is 4. The standard InChI is InChI=1S/C23H33F2N5O4S2Si/c1-9-36(31,32)30(14-18-27-13-16(35-18)20-28-29-21(33-20)19(24)25)17-11-10-15(12-26-17)23(5,6)34-37(7,8)22(2,3)4/h10-13,19H,9,14H2,1-8H3. The molecule has 0 spiro atoms. The number of hydrogen-bond acceptors (Lipinski definition) is 9. The molecule has 0 bridgehead atoms. The zero-order valence-corrected chi connectivity index (χ0v) is 24.9. The van der Waals surface area contributed by atoms with E-state index < -0.39 is 36.3 Å². The van der Waals surface area contributed by atoms with Gasteiger partial charge < -0.3 is 8.84 Å². The fourth-order valence-electron chi connectivity index (χ4n) is 3.24. The van der Waals surface area contributed by atoms with Gasteiger partial charge in [0.15, 0.2) is 8.32 Å². The van der Waals surface area contributed by atoms with E-state index in [0.717, 1.165) is 16.9 Å². The Morgan fingerprint density at radius 1 is 1.11 bits per heavy atom. The highest BCUT2D eigenvalue weighted by Gasteiger charge is 2.42. The first kappa shape index (κ1) is 29.3. The highest BCUT2D eigenvalue weighted by molar-refractivity contribution is 7.92. The maximum Gasteiger partial charge on any atom is 0.314 e. The Labute approximate surface area is 221 Å². The second-order valence-corrected chi connectivity index (χ2v) is 18.6. The van der Waals surface area contributed by atoms with Gasteiger partial charge in [0.05, 0.1) is 24.1 Å². The van der Waals surface area contributed by atoms with E-state index in [1.807, 2.05) is 19.9 Å². The third-order valence-corrected chi connectivity index (χ3v) is 13.7. The SMILES string of the molecule is CCS(=O)(=O)N(Cc1ncc(-c2nnc(C(F)F)o2)s1)c1ccc(C(C)(C)O[Si](C)(C)C(C)(C)C)cn1. The van der Waals surface area contributed by atoms with Gasteiger partial charge >= 0.3 is 6.43 Å². The molecule has 0 aromatic carbocycles. The van der Waals surface area contributed by atoms with Crippen molar-refractivity contribution in [2.24, 2.45) is 0 Å². The minimum absolute atomic E-state index is 0.0262. The Morgan fingerprint density at radius 2 is 1.78 bits per heavy atom. The summed E-state index contributed by atoms with van der Waals surface area (Å²) >= 11 is 1.08. The third kappa shape index (κ3) is 6.59. The topological polar surface area (TPSA) is 111 Å². The smallest absolute Gasteiger partial charge is 0.314 e. The van der Waals surface area contributed by atoms with Crippen molar-refractivity contribution >= 4 is 35.5 Å². The van der Waals surface area contributed by atoms with Crippen LogP contribution in [0, 0.1) is 0 Å². The van der Waals surface area contributed by atoms with E-state index in [9.17, 15) is 17.2 Å². The van der Waals surface area contributed by atoms with E-state index in [1.54, 1.807) is 19.2 Å². The summed E-state index contributed by atoms with van der Waals surface area (Å²) in [5, 5.41) is 7.37. The van der Waals surface area contributed by atoms with E-state index in [-0.39, 0.29) is 29.0 Å². The molecule has 0 saturated heterocycles. The molecule has 37 heavy (non-hydrogen) atoms. The molecule has 204 valence electrons. The number of sulfonamides is 1. The monoisotopic (exact) mass is 573 g/mol. The second-order valence-electron chi connectivity index (χ2n) is 10.5. The van der Waals surface area contributed by atoms with Gasteiger partial charge in [-0.25, -0.2) is 22.7 Å². The molecule has 3 aromatic rings. The van der Waals surface area contributed by atoms with Crippen molar-refractivity contribution in [2.75, 3.05) is 10.1 Å². The molecule has 0 aliphatic rings. The van der Waals surface area contributed by atoms with Crippen LogP contribution in [0.4, 0.5) is 14.6 Å².